The molecule has 5 heavy (non-hydrogen) atoms. The molecule has 0 aromatic rings. The van der Waals surface area contributed by atoms with Crippen LogP contribution in [0.4, 0.5) is 0 Å². The van der Waals surface area contributed by atoms with Crippen LogP contribution in [0.2, 0.25) is 0 Å². The molecule has 0 nitrogen and oxygen atoms in total. The Morgan fingerprint density at radius 1 is 0.800 bits per heavy atom. The first-order valence-corrected chi connectivity index (χ1v) is 0. The van der Waals surface area contributed by atoms with Crippen LogP contribution in [-0.2, 0) is 81.8 Å². The van der Waals surface area contributed by atoms with E-state index in [-0.39, 0.29) is 81.8 Å². The minimum Gasteiger partial charge on any atom is -0.813 e. The largest absolute Gasteiger partial charge is 2.00 e. The maximum atomic E-state index is 0. The molecular formula is HCu4S+3. The van der Waals surface area contributed by atoms with Gasteiger partial charge in [-0.3, -0.25) is 0 Å². The molecule has 0 aliphatic heterocycles. The molecule has 0 aromatic carbocycles. The second-order valence-electron chi connectivity index (χ2n) is 0. The van der Waals surface area contributed by atoms with E-state index in [2.05, 4.69) is 0 Å². The molecule has 0 N–H and O–H groups in total. The minimum absolute atomic E-state index is 0. The van der Waals surface area contributed by atoms with Crippen LogP contribution in [0.1, 0.15) is 0 Å². The minimum atomic E-state index is 0. The summed E-state index contributed by atoms with van der Waals surface area (Å²) < 4.78 is 0. The van der Waals surface area contributed by atoms with E-state index >= 15 is 0 Å². The molecule has 2 radical (unpaired) electrons. The van der Waals surface area contributed by atoms with E-state index in [1.807, 2.05) is 0 Å². The zero-order valence-electron chi connectivity index (χ0n) is 1.65. The van der Waals surface area contributed by atoms with Crippen molar-refractivity contribution >= 4 is 13.5 Å². The van der Waals surface area contributed by atoms with Crippen LogP contribution in [0.15, 0.2) is 0 Å². The van der Waals surface area contributed by atoms with Crippen molar-refractivity contribution in [3.8, 4) is 0 Å². The van der Waals surface area contributed by atoms with Crippen molar-refractivity contribution in [3.05, 3.63) is 0 Å². The van der Waals surface area contributed by atoms with Crippen molar-refractivity contribution < 1.29 is 68.3 Å². The topological polar surface area (TPSA) is 0 Å². The van der Waals surface area contributed by atoms with Crippen LogP contribution < -0.4 is 0 Å². The number of hydrogen-bond acceptors (Lipinski definition) is 1. The SMILES string of the molecule is [Cu+2].[Cu+].[Cu+].[Cu].[SH-]. The van der Waals surface area contributed by atoms with Gasteiger partial charge in [0.2, 0.25) is 0 Å². The second kappa shape index (κ2) is 32.1. The van der Waals surface area contributed by atoms with E-state index in [1.54, 1.807) is 0 Å². The molecule has 0 amide bonds. The maximum absolute atomic E-state index is 0. The molecule has 0 unspecified atom stereocenters. The van der Waals surface area contributed by atoms with Crippen LogP contribution in [-0.4, -0.2) is 0 Å². The molecule has 0 aliphatic rings. The Hall–Kier alpha value is 2.43. The van der Waals surface area contributed by atoms with Gasteiger partial charge in [0, 0.05) is 17.1 Å². The summed E-state index contributed by atoms with van der Waals surface area (Å²) in [4.78, 5) is 0. The first kappa shape index (κ1) is 52.1. The van der Waals surface area contributed by atoms with Crippen LogP contribution in [0.25, 0.3) is 0 Å². The van der Waals surface area contributed by atoms with E-state index in [1.165, 1.54) is 0 Å². The normalized spacial score (nSPS) is 0. The fourth-order valence-electron chi connectivity index (χ4n) is 0. The molecule has 0 atom stereocenters. The third kappa shape index (κ3) is 21.4. The van der Waals surface area contributed by atoms with Gasteiger partial charge in [-0.25, -0.2) is 0 Å². The maximum Gasteiger partial charge on any atom is 2.00 e. The summed E-state index contributed by atoms with van der Waals surface area (Å²) in [6, 6.07) is 0. The van der Waals surface area contributed by atoms with Crippen LogP contribution in [0.3, 0.4) is 0 Å². The van der Waals surface area contributed by atoms with Crippen molar-refractivity contribution in [2.24, 2.45) is 0 Å². The molecule has 0 fully saturated rings. The summed E-state index contributed by atoms with van der Waals surface area (Å²) >= 11 is 0. The Labute approximate surface area is 80.9 Å². The number of thiol groups is 1. The molecule has 0 spiro atoms. The van der Waals surface area contributed by atoms with Gasteiger partial charge in [0.25, 0.3) is 0 Å². The Kier molecular flexibility index (Phi) is 335. The molecule has 0 aromatic heterocycles. The Balaban J connectivity index is 0. The third-order valence-corrected chi connectivity index (χ3v) is 0. The molecule has 0 rings (SSSR count). The number of rotatable bonds is 0. The van der Waals surface area contributed by atoms with Gasteiger partial charge >= 0.3 is 51.2 Å². The molecule has 48 valence electrons. The van der Waals surface area contributed by atoms with Gasteiger partial charge in [-0.05, 0) is 0 Å². The molecular weight excluding hydrogens is 286 g/mol. The first-order chi connectivity index (χ1) is 0. The average Bonchev–Trinajstić information content (AvgIpc) is 0. The average molecular weight is 287 g/mol. The van der Waals surface area contributed by atoms with Gasteiger partial charge in [0.15, 0.2) is 0 Å². The molecule has 0 heterocycles. The zero-order chi connectivity index (χ0) is 0. The van der Waals surface area contributed by atoms with Gasteiger partial charge in [-0.15, -0.1) is 0 Å². The Bertz CT molecular complexity index is 3.61. The molecule has 0 aliphatic carbocycles. The quantitative estimate of drug-likeness (QED) is 0.335. The first-order valence-electron chi connectivity index (χ1n) is 0. The monoisotopic (exact) mass is 285 g/mol. The number of hydrogen-bond donors (Lipinski definition) is 0. The van der Waals surface area contributed by atoms with Crippen molar-refractivity contribution in [1.82, 2.24) is 0 Å². The van der Waals surface area contributed by atoms with Crippen molar-refractivity contribution in [3.63, 3.8) is 0 Å². The summed E-state index contributed by atoms with van der Waals surface area (Å²) in [5.74, 6) is 0. The van der Waals surface area contributed by atoms with Crippen molar-refractivity contribution in [1.29, 1.82) is 0 Å². The summed E-state index contributed by atoms with van der Waals surface area (Å²) in [6.07, 6.45) is 0. The van der Waals surface area contributed by atoms with E-state index in [0.29, 0.717) is 0 Å². The van der Waals surface area contributed by atoms with Crippen LogP contribution in [0, 0.1) is 0 Å². The smallest absolute Gasteiger partial charge is 0.813 e. The second-order valence-corrected chi connectivity index (χ2v) is 0. The molecule has 0 saturated carbocycles. The summed E-state index contributed by atoms with van der Waals surface area (Å²) in [7, 11) is 0. The van der Waals surface area contributed by atoms with E-state index in [9.17, 15) is 0 Å². The summed E-state index contributed by atoms with van der Waals surface area (Å²) in [5.41, 5.74) is 0. The van der Waals surface area contributed by atoms with Gasteiger partial charge in [-0.2, -0.15) is 0 Å². The van der Waals surface area contributed by atoms with Crippen molar-refractivity contribution in [2.45, 2.75) is 0 Å². The van der Waals surface area contributed by atoms with Crippen LogP contribution in [0.5, 0.6) is 0 Å². The zero-order valence-corrected chi connectivity index (χ0v) is 6.31. The Morgan fingerprint density at radius 3 is 0.800 bits per heavy atom. The molecule has 0 bridgehead atoms. The van der Waals surface area contributed by atoms with Gasteiger partial charge in [0.05, 0.1) is 0 Å². The fourth-order valence-corrected chi connectivity index (χ4v) is 0. The van der Waals surface area contributed by atoms with Crippen molar-refractivity contribution in [2.75, 3.05) is 0 Å². The van der Waals surface area contributed by atoms with E-state index in [0.717, 1.165) is 0 Å². The fraction of sp³-hybridized carbons (Fsp3) is 0. The van der Waals surface area contributed by atoms with Gasteiger partial charge in [-0.1, -0.05) is 0 Å². The predicted molar refractivity (Wildman–Crippen MR) is 8.76 cm³/mol. The molecule has 5 heteroatoms. The summed E-state index contributed by atoms with van der Waals surface area (Å²) in [5, 5.41) is 0. The predicted octanol–water partition coefficient (Wildman–Crippen LogP) is -0.280. The van der Waals surface area contributed by atoms with Gasteiger partial charge in [0.1, 0.15) is 0 Å². The standard InChI is InChI=1S/4Cu.H2S/h;;;;1H2/q;2*+1;+2;/p-1. The Morgan fingerprint density at radius 2 is 0.800 bits per heavy atom. The van der Waals surface area contributed by atoms with Gasteiger partial charge < -0.3 is 13.5 Å². The third-order valence-electron chi connectivity index (χ3n) is 0. The van der Waals surface area contributed by atoms with E-state index < -0.39 is 0 Å². The van der Waals surface area contributed by atoms with E-state index in [4.69, 9.17) is 0 Å². The molecule has 0 saturated heterocycles. The van der Waals surface area contributed by atoms with Crippen LogP contribution >= 0.6 is 0 Å². The summed E-state index contributed by atoms with van der Waals surface area (Å²) in [6.45, 7) is 0.